The van der Waals surface area contributed by atoms with E-state index in [4.69, 9.17) is 0 Å². The largest absolute Gasteiger partial charge is 0.352 e. The minimum atomic E-state index is 0. The molecule has 3 unspecified atom stereocenters. The maximum Gasteiger partial charge on any atom is 0.220 e. The normalized spacial score (nSPS) is 22.5. The molecular formula is C24H37Cl2N5O. The van der Waals surface area contributed by atoms with Gasteiger partial charge in [0.05, 0.1) is 5.69 Å². The molecule has 0 radical (unpaired) electrons. The molecule has 2 fully saturated rings. The van der Waals surface area contributed by atoms with Crippen molar-refractivity contribution in [3.63, 3.8) is 0 Å². The van der Waals surface area contributed by atoms with Crippen LogP contribution >= 0.6 is 24.8 Å². The third-order valence-electron chi connectivity index (χ3n) is 6.79. The van der Waals surface area contributed by atoms with Crippen LogP contribution in [-0.2, 0) is 17.9 Å². The van der Waals surface area contributed by atoms with Crippen LogP contribution in [0.15, 0.2) is 30.3 Å². The highest BCUT2D eigenvalue weighted by molar-refractivity contribution is 5.85. The van der Waals surface area contributed by atoms with E-state index in [9.17, 15) is 4.79 Å². The number of rotatable bonds is 8. The molecule has 3 N–H and O–H groups in total. The average Bonchev–Trinajstić information content (AvgIpc) is 3.06. The van der Waals surface area contributed by atoms with Crippen LogP contribution in [0.2, 0.25) is 0 Å². The van der Waals surface area contributed by atoms with Crippen molar-refractivity contribution in [2.75, 3.05) is 19.6 Å². The molecule has 178 valence electrons. The number of aryl methyl sites for hydroxylation is 2. The molecule has 32 heavy (non-hydrogen) atoms. The predicted molar refractivity (Wildman–Crippen MR) is 133 cm³/mol. The molecule has 0 saturated carbocycles. The number of H-pyrrole nitrogens is 1. The van der Waals surface area contributed by atoms with Crippen LogP contribution in [-0.4, -0.2) is 46.7 Å². The summed E-state index contributed by atoms with van der Waals surface area (Å²) in [4.78, 5) is 14.9. The number of likely N-dealkylation sites (tertiary alicyclic amines) is 1. The van der Waals surface area contributed by atoms with Crippen LogP contribution in [0.1, 0.15) is 48.2 Å². The fourth-order valence-corrected chi connectivity index (χ4v) is 5.17. The summed E-state index contributed by atoms with van der Waals surface area (Å²) in [6, 6.07) is 11.3. The van der Waals surface area contributed by atoms with Gasteiger partial charge in [0.1, 0.15) is 0 Å². The molecule has 2 aliphatic heterocycles. The summed E-state index contributed by atoms with van der Waals surface area (Å²) in [5.41, 5.74) is 4.50. The number of piperidine rings is 2. The van der Waals surface area contributed by atoms with E-state index in [-0.39, 0.29) is 30.7 Å². The van der Waals surface area contributed by atoms with Gasteiger partial charge in [-0.1, -0.05) is 30.3 Å². The van der Waals surface area contributed by atoms with Gasteiger partial charge in [0, 0.05) is 49.9 Å². The zero-order chi connectivity index (χ0) is 20.9. The quantitative estimate of drug-likeness (QED) is 0.536. The van der Waals surface area contributed by atoms with Crippen LogP contribution in [0.4, 0.5) is 0 Å². The standard InChI is InChI=1S/C24H35N5O.2ClH/c1-17-22(18(2)28-27-17)13-26-24(30)10-6-9-23-21-11-20(12-25-23)15-29(16-21)14-19-7-4-3-5-8-19;;/h3-5,7-8,20-21,23,25H,6,9-16H2,1-2H3,(H,26,30)(H,27,28);2*1H. The fraction of sp³-hybridized carbons (Fsp3) is 0.583. The van der Waals surface area contributed by atoms with Gasteiger partial charge >= 0.3 is 0 Å². The second-order valence-corrected chi connectivity index (χ2v) is 9.14. The smallest absolute Gasteiger partial charge is 0.220 e. The number of benzene rings is 1. The number of amides is 1. The minimum Gasteiger partial charge on any atom is -0.352 e. The Kier molecular flexibility index (Phi) is 10.5. The lowest BCUT2D eigenvalue weighted by molar-refractivity contribution is -0.121. The van der Waals surface area contributed by atoms with E-state index in [0.717, 1.165) is 55.3 Å². The lowest BCUT2D eigenvalue weighted by Gasteiger charge is -2.46. The van der Waals surface area contributed by atoms with Crippen molar-refractivity contribution in [2.24, 2.45) is 11.8 Å². The molecule has 3 heterocycles. The van der Waals surface area contributed by atoms with Gasteiger partial charge in [-0.3, -0.25) is 14.8 Å². The predicted octanol–water partition coefficient (Wildman–Crippen LogP) is 3.77. The lowest BCUT2D eigenvalue weighted by atomic mass is 9.79. The number of carbonyl (C=O) groups is 1. The summed E-state index contributed by atoms with van der Waals surface area (Å²) in [5, 5.41) is 14.0. The van der Waals surface area contributed by atoms with E-state index < -0.39 is 0 Å². The van der Waals surface area contributed by atoms with Crippen LogP contribution < -0.4 is 10.6 Å². The van der Waals surface area contributed by atoms with Crippen molar-refractivity contribution in [2.45, 2.75) is 58.7 Å². The average molecular weight is 483 g/mol. The third kappa shape index (κ3) is 6.95. The highest BCUT2D eigenvalue weighted by atomic mass is 35.5. The Morgan fingerprint density at radius 3 is 2.69 bits per heavy atom. The first-order valence-corrected chi connectivity index (χ1v) is 11.3. The highest BCUT2D eigenvalue weighted by Gasteiger charge is 2.36. The zero-order valence-electron chi connectivity index (χ0n) is 19.1. The van der Waals surface area contributed by atoms with Gasteiger partial charge in [0.15, 0.2) is 0 Å². The van der Waals surface area contributed by atoms with Crippen molar-refractivity contribution < 1.29 is 4.79 Å². The molecule has 1 amide bonds. The number of fused-ring (bicyclic) bond motifs is 2. The molecule has 1 aromatic carbocycles. The van der Waals surface area contributed by atoms with Crippen LogP contribution in [0.5, 0.6) is 0 Å². The number of nitrogens with one attached hydrogen (secondary N) is 3. The Labute approximate surface area is 204 Å². The summed E-state index contributed by atoms with van der Waals surface area (Å²) >= 11 is 0. The summed E-state index contributed by atoms with van der Waals surface area (Å²) in [7, 11) is 0. The maximum atomic E-state index is 12.3. The van der Waals surface area contributed by atoms with Gasteiger partial charge in [-0.25, -0.2) is 0 Å². The topological polar surface area (TPSA) is 73.0 Å². The summed E-state index contributed by atoms with van der Waals surface area (Å²) < 4.78 is 0. The monoisotopic (exact) mass is 481 g/mol. The molecular weight excluding hydrogens is 445 g/mol. The van der Waals surface area contributed by atoms with Gasteiger partial charge in [0.2, 0.25) is 5.91 Å². The number of aromatic nitrogens is 2. The summed E-state index contributed by atoms with van der Waals surface area (Å²) in [5.74, 6) is 1.59. The third-order valence-corrected chi connectivity index (χ3v) is 6.79. The number of carbonyl (C=O) groups excluding carboxylic acids is 1. The molecule has 3 atom stereocenters. The first-order valence-electron chi connectivity index (χ1n) is 11.3. The van der Waals surface area contributed by atoms with Gasteiger partial charge in [-0.05, 0) is 57.1 Å². The number of nitrogens with zero attached hydrogens (tertiary/aromatic N) is 2. The Bertz CT molecular complexity index is 825. The van der Waals surface area contributed by atoms with E-state index in [1.54, 1.807) is 0 Å². The molecule has 2 saturated heterocycles. The van der Waals surface area contributed by atoms with Gasteiger partial charge in [0.25, 0.3) is 0 Å². The second-order valence-electron chi connectivity index (χ2n) is 9.14. The molecule has 4 rings (SSSR count). The van der Waals surface area contributed by atoms with Crippen LogP contribution in [0.3, 0.4) is 0 Å². The summed E-state index contributed by atoms with van der Waals surface area (Å²) in [6.45, 7) is 9.04. The zero-order valence-corrected chi connectivity index (χ0v) is 20.7. The van der Waals surface area contributed by atoms with Crippen molar-refractivity contribution >= 4 is 30.7 Å². The molecule has 2 aromatic rings. The minimum absolute atomic E-state index is 0. The number of halogens is 2. The molecule has 2 aliphatic rings. The highest BCUT2D eigenvalue weighted by Crippen LogP contribution is 2.31. The molecule has 0 aliphatic carbocycles. The Balaban J connectivity index is 0.00000181. The second kappa shape index (κ2) is 12.6. The van der Waals surface area contributed by atoms with Gasteiger partial charge in [-0.2, -0.15) is 5.10 Å². The van der Waals surface area contributed by atoms with Crippen molar-refractivity contribution in [3.8, 4) is 0 Å². The maximum absolute atomic E-state index is 12.3. The summed E-state index contributed by atoms with van der Waals surface area (Å²) in [6.07, 6.45) is 3.94. The first-order chi connectivity index (χ1) is 14.6. The van der Waals surface area contributed by atoms with Crippen molar-refractivity contribution in [3.05, 3.63) is 52.8 Å². The lowest BCUT2D eigenvalue weighted by Crippen LogP contribution is -2.55. The van der Waals surface area contributed by atoms with Gasteiger partial charge in [-0.15, -0.1) is 24.8 Å². The molecule has 1 aromatic heterocycles. The van der Waals surface area contributed by atoms with Crippen LogP contribution in [0.25, 0.3) is 0 Å². The number of hydrogen-bond donors (Lipinski definition) is 3. The van der Waals surface area contributed by atoms with Crippen molar-refractivity contribution in [1.82, 2.24) is 25.7 Å². The van der Waals surface area contributed by atoms with E-state index in [1.807, 2.05) is 13.8 Å². The van der Waals surface area contributed by atoms with E-state index in [1.165, 1.54) is 18.5 Å². The number of hydrogen-bond acceptors (Lipinski definition) is 4. The molecule has 2 bridgehead atoms. The first kappa shape index (κ1) is 26.7. The Morgan fingerprint density at radius 2 is 1.97 bits per heavy atom. The molecule has 8 heteroatoms. The fourth-order valence-electron chi connectivity index (χ4n) is 5.17. The van der Waals surface area contributed by atoms with E-state index in [0.29, 0.717) is 24.9 Å². The molecule has 0 spiro atoms. The molecule has 6 nitrogen and oxygen atoms in total. The van der Waals surface area contributed by atoms with Crippen LogP contribution in [0, 0.1) is 25.7 Å². The van der Waals surface area contributed by atoms with E-state index >= 15 is 0 Å². The number of aromatic amines is 1. The van der Waals surface area contributed by atoms with Crippen molar-refractivity contribution in [1.29, 1.82) is 0 Å². The Morgan fingerprint density at radius 1 is 1.19 bits per heavy atom. The van der Waals surface area contributed by atoms with Gasteiger partial charge < -0.3 is 10.6 Å². The van der Waals surface area contributed by atoms with E-state index in [2.05, 4.69) is 56.1 Å². The SMILES string of the molecule is Cc1n[nH]c(C)c1CNC(=O)CCCC1NCC2CC1CN(Cc1ccccc1)C2.Cl.Cl. The Hall–Kier alpha value is -1.60.